The molecule has 0 aliphatic carbocycles. The number of guanidine groups is 1. The maximum atomic E-state index is 14.1. The summed E-state index contributed by atoms with van der Waals surface area (Å²) in [5, 5.41) is 3.70. The van der Waals surface area contributed by atoms with Crippen LogP contribution in [0, 0.1) is 0 Å². The van der Waals surface area contributed by atoms with Gasteiger partial charge in [0.15, 0.2) is 5.96 Å². The molecule has 0 aromatic heterocycles. The van der Waals surface area contributed by atoms with Gasteiger partial charge in [0, 0.05) is 48.6 Å². The van der Waals surface area contributed by atoms with Gasteiger partial charge in [-0.1, -0.05) is 60.7 Å². The van der Waals surface area contributed by atoms with E-state index >= 15 is 0 Å². The van der Waals surface area contributed by atoms with Crippen LogP contribution in [0.15, 0.2) is 88.8 Å². The van der Waals surface area contributed by atoms with Crippen molar-refractivity contribution in [1.82, 2.24) is 10.2 Å². The van der Waals surface area contributed by atoms with Crippen LogP contribution in [0.2, 0.25) is 0 Å². The molecule has 10 heteroatoms. The quantitative estimate of drug-likeness (QED) is 0.154. The number of nitrogens with two attached hydrogens (primary N) is 3. The average molecular weight is 586 g/mol. The van der Waals surface area contributed by atoms with E-state index in [2.05, 4.69) is 63.7 Å². The molecule has 1 fully saturated rings. The van der Waals surface area contributed by atoms with Gasteiger partial charge in [-0.05, 0) is 48.6 Å². The van der Waals surface area contributed by atoms with Crippen LogP contribution in [0.3, 0.4) is 0 Å². The number of aliphatic imine (C=N–C) groups is 1. The second-order valence-corrected chi connectivity index (χ2v) is 11.8. The number of carbonyl (C=O) groups is 2. The lowest BCUT2D eigenvalue weighted by Gasteiger charge is -2.29. The van der Waals surface area contributed by atoms with Gasteiger partial charge < -0.3 is 32.3 Å². The molecule has 0 bridgehead atoms. The zero-order valence-corrected chi connectivity index (χ0v) is 24.5. The Morgan fingerprint density at radius 2 is 1.67 bits per heavy atom. The van der Waals surface area contributed by atoms with Gasteiger partial charge in [0.05, 0.1) is 17.6 Å². The molecular weight excluding hydrogens is 546 g/mol. The normalized spacial score (nSPS) is 18.5. The summed E-state index contributed by atoms with van der Waals surface area (Å²) in [6.45, 7) is 2.49. The van der Waals surface area contributed by atoms with E-state index in [0.717, 1.165) is 29.4 Å². The SMILES string of the molecule is NC(=O)c1ccc2c(c1)SCN2C[C@@H]1CCN(CC(c2ccccc2)c2ccccc2)C(=O)[C@H](CCCN=C(N)N)N1. The van der Waals surface area contributed by atoms with E-state index in [4.69, 9.17) is 17.2 Å². The molecule has 2 heterocycles. The van der Waals surface area contributed by atoms with Crippen LogP contribution in [0.5, 0.6) is 0 Å². The molecule has 42 heavy (non-hydrogen) atoms. The Labute approximate surface area is 251 Å². The number of rotatable bonds is 11. The van der Waals surface area contributed by atoms with Crippen molar-refractivity contribution in [3.05, 3.63) is 95.6 Å². The summed E-state index contributed by atoms with van der Waals surface area (Å²) in [6, 6.07) is 26.2. The van der Waals surface area contributed by atoms with Gasteiger partial charge in [-0.25, -0.2) is 0 Å². The number of primary amides is 1. The van der Waals surface area contributed by atoms with Crippen LogP contribution in [0.25, 0.3) is 0 Å². The molecule has 2 aliphatic heterocycles. The monoisotopic (exact) mass is 585 g/mol. The van der Waals surface area contributed by atoms with Crippen LogP contribution in [0.4, 0.5) is 5.69 Å². The Morgan fingerprint density at radius 1 is 0.976 bits per heavy atom. The summed E-state index contributed by atoms with van der Waals surface area (Å²) in [5.41, 5.74) is 20.6. The number of hydrogen-bond acceptors (Lipinski definition) is 6. The largest absolute Gasteiger partial charge is 0.370 e. The Hall–Kier alpha value is -4.02. The highest BCUT2D eigenvalue weighted by Crippen LogP contribution is 2.39. The van der Waals surface area contributed by atoms with Gasteiger partial charge in [-0.15, -0.1) is 11.8 Å². The Kier molecular flexibility index (Phi) is 9.66. The van der Waals surface area contributed by atoms with Crippen molar-refractivity contribution in [3.8, 4) is 0 Å². The molecule has 2 amide bonds. The van der Waals surface area contributed by atoms with Gasteiger partial charge in [0.2, 0.25) is 11.8 Å². The molecule has 5 rings (SSSR count). The van der Waals surface area contributed by atoms with Crippen LogP contribution >= 0.6 is 11.8 Å². The average Bonchev–Trinajstić information content (AvgIpc) is 3.34. The first-order chi connectivity index (χ1) is 20.4. The third kappa shape index (κ3) is 7.24. The van der Waals surface area contributed by atoms with E-state index in [9.17, 15) is 9.59 Å². The van der Waals surface area contributed by atoms with Gasteiger partial charge in [0.25, 0.3) is 0 Å². The van der Waals surface area contributed by atoms with E-state index in [0.29, 0.717) is 38.0 Å². The summed E-state index contributed by atoms with van der Waals surface area (Å²) in [5.74, 6) is 0.603. The lowest BCUT2D eigenvalue weighted by molar-refractivity contribution is -0.133. The Morgan fingerprint density at radius 3 is 2.31 bits per heavy atom. The molecule has 7 N–H and O–H groups in total. The summed E-state index contributed by atoms with van der Waals surface area (Å²) in [7, 11) is 0. The summed E-state index contributed by atoms with van der Waals surface area (Å²) in [6.07, 6.45) is 2.15. The van der Waals surface area contributed by atoms with Crippen molar-refractivity contribution in [2.45, 2.75) is 42.2 Å². The topological polar surface area (TPSA) is 143 Å². The fourth-order valence-electron chi connectivity index (χ4n) is 5.79. The number of nitrogens with zero attached hydrogens (tertiary/aromatic N) is 3. The molecule has 0 spiro atoms. The van der Waals surface area contributed by atoms with E-state index < -0.39 is 5.91 Å². The fourth-order valence-corrected chi connectivity index (χ4v) is 6.88. The van der Waals surface area contributed by atoms with Crippen molar-refractivity contribution >= 4 is 35.2 Å². The number of hydrogen-bond donors (Lipinski definition) is 4. The molecule has 9 nitrogen and oxygen atoms in total. The molecule has 0 unspecified atom stereocenters. The summed E-state index contributed by atoms with van der Waals surface area (Å²) >= 11 is 1.70. The lowest BCUT2D eigenvalue weighted by atomic mass is 9.90. The smallest absolute Gasteiger partial charge is 0.248 e. The second-order valence-electron chi connectivity index (χ2n) is 10.9. The number of thioether (sulfide) groups is 1. The van der Waals surface area contributed by atoms with E-state index in [1.807, 2.05) is 29.2 Å². The maximum absolute atomic E-state index is 14.1. The number of nitrogens with one attached hydrogen (secondary N) is 1. The highest BCUT2D eigenvalue weighted by atomic mass is 32.2. The van der Waals surface area contributed by atoms with Crippen LogP contribution < -0.4 is 27.4 Å². The molecule has 1 saturated heterocycles. The molecule has 0 radical (unpaired) electrons. The Balaban J connectivity index is 1.35. The van der Waals surface area contributed by atoms with E-state index in [1.54, 1.807) is 17.8 Å². The molecule has 2 atom stereocenters. The first-order valence-corrected chi connectivity index (χ1v) is 15.4. The van der Waals surface area contributed by atoms with Gasteiger partial charge in [0.1, 0.15) is 0 Å². The zero-order chi connectivity index (χ0) is 29.5. The van der Waals surface area contributed by atoms with Crippen molar-refractivity contribution in [2.24, 2.45) is 22.2 Å². The van der Waals surface area contributed by atoms with Gasteiger partial charge in [-0.3, -0.25) is 14.6 Å². The minimum atomic E-state index is -0.422. The van der Waals surface area contributed by atoms with Crippen molar-refractivity contribution in [3.63, 3.8) is 0 Å². The standard InChI is InChI=1S/C32H39N7O2S/c33-30(40)24-13-14-28-29(18-24)42-21-39(28)19-25-15-17-38(31(41)27(37-25)12-7-16-36-32(34)35)20-26(22-8-3-1-4-9-22)23-10-5-2-6-11-23/h1-6,8-11,13-14,18,25-27,37H,7,12,15-17,19-21H2,(H2,33,40)(H4,34,35,36)/t25-,27-/m0/s1. The molecule has 3 aromatic carbocycles. The van der Waals surface area contributed by atoms with Crippen molar-refractivity contribution < 1.29 is 9.59 Å². The van der Waals surface area contributed by atoms with E-state index in [1.165, 1.54) is 11.1 Å². The van der Waals surface area contributed by atoms with Crippen LogP contribution in [0.1, 0.15) is 46.7 Å². The third-order valence-electron chi connectivity index (χ3n) is 7.95. The first kappa shape index (κ1) is 29.5. The zero-order valence-electron chi connectivity index (χ0n) is 23.7. The summed E-state index contributed by atoms with van der Waals surface area (Å²) < 4.78 is 0. The Bertz CT molecular complexity index is 1360. The second kappa shape index (κ2) is 13.8. The minimum Gasteiger partial charge on any atom is -0.370 e. The van der Waals surface area contributed by atoms with Gasteiger partial charge >= 0.3 is 0 Å². The molecule has 3 aromatic rings. The minimum absolute atomic E-state index is 0.0629. The number of fused-ring (bicyclic) bond motifs is 1. The molecule has 0 saturated carbocycles. The highest BCUT2D eigenvalue weighted by Gasteiger charge is 2.34. The van der Waals surface area contributed by atoms with Crippen LogP contribution in [-0.2, 0) is 4.79 Å². The highest BCUT2D eigenvalue weighted by molar-refractivity contribution is 7.99. The maximum Gasteiger partial charge on any atom is 0.248 e. The molecule has 220 valence electrons. The van der Waals surface area contributed by atoms with E-state index in [-0.39, 0.29) is 29.9 Å². The van der Waals surface area contributed by atoms with Crippen molar-refractivity contribution in [2.75, 3.05) is 37.0 Å². The van der Waals surface area contributed by atoms with Crippen LogP contribution in [-0.4, -0.2) is 66.8 Å². The summed E-state index contributed by atoms with van der Waals surface area (Å²) in [4.78, 5) is 35.3. The molecular formula is C32H39N7O2S. The predicted molar refractivity (Wildman–Crippen MR) is 170 cm³/mol. The number of carbonyl (C=O) groups excluding carboxylic acids is 2. The lowest BCUT2D eigenvalue weighted by Crippen LogP contribution is -2.49. The molecule has 2 aliphatic rings. The van der Waals surface area contributed by atoms with Crippen molar-refractivity contribution in [1.29, 1.82) is 0 Å². The third-order valence-corrected chi connectivity index (χ3v) is 9.03. The van der Waals surface area contributed by atoms with Gasteiger partial charge in [-0.2, -0.15) is 0 Å². The number of anilines is 1. The fraction of sp³-hybridized carbons (Fsp3) is 0.344. The predicted octanol–water partition coefficient (Wildman–Crippen LogP) is 3.10. The first-order valence-electron chi connectivity index (χ1n) is 14.4. The number of amides is 2. The number of benzene rings is 3.